The number of nitrogens with zero attached hydrogens (tertiary/aromatic N) is 3. The van der Waals surface area contributed by atoms with E-state index in [0.717, 1.165) is 43.8 Å². The molecule has 0 saturated carbocycles. The summed E-state index contributed by atoms with van der Waals surface area (Å²) in [6, 6.07) is 7.80. The van der Waals surface area contributed by atoms with E-state index in [9.17, 15) is 4.79 Å². The quantitative estimate of drug-likeness (QED) is 0.745. The molecule has 30 heavy (non-hydrogen) atoms. The first-order chi connectivity index (χ1) is 14.6. The fourth-order valence-corrected chi connectivity index (χ4v) is 4.31. The molecule has 0 N–H and O–H groups in total. The Morgan fingerprint density at radius 3 is 2.53 bits per heavy atom. The van der Waals surface area contributed by atoms with E-state index in [4.69, 9.17) is 18.9 Å². The molecule has 1 saturated heterocycles. The normalized spacial score (nSPS) is 19.2. The summed E-state index contributed by atoms with van der Waals surface area (Å²) in [6.45, 7) is 1.97. The largest absolute Gasteiger partial charge is 0.497 e. The van der Waals surface area contributed by atoms with Crippen molar-refractivity contribution in [2.24, 2.45) is 5.92 Å². The summed E-state index contributed by atoms with van der Waals surface area (Å²) in [7, 11) is 4.65. The Hall–Kier alpha value is -2.87. The molecule has 1 atom stereocenters. The standard InChI is InChI=1S/C22H27N3O5/c1-27-17-5-4-15-13-25(19(11-16(15)10-17)14-6-8-30-9-7-14)21(26)18-12-20(28-2)24-22(23-18)29-3/h4-5,10,12,14,19H,6-9,11,13H2,1-3H3/t19-/m0/s1. The van der Waals surface area contributed by atoms with Crippen molar-refractivity contribution in [3.8, 4) is 17.6 Å². The SMILES string of the molecule is COc1ccc2c(c1)C[C@@H](C1CCOCC1)N(C(=O)c1cc(OC)nc(OC)n1)C2. The Kier molecular flexibility index (Phi) is 6.03. The third-order valence-corrected chi connectivity index (χ3v) is 5.95. The second kappa shape index (κ2) is 8.87. The highest BCUT2D eigenvalue weighted by atomic mass is 16.5. The van der Waals surface area contributed by atoms with Gasteiger partial charge in [0.25, 0.3) is 5.91 Å². The van der Waals surface area contributed by atoms with Crippen molar-refractivity contribution in [1.29, 1.82) is 0 Å². The molecule has 0 spiro atoms. The highest BCUT2D eigenvalue weighted by Crippen LogP contribution is 2.34. The monoisotopic (exact) mass is 413 g/mol. The van der Waals surface area contributed by atoms with Gasteiger partial charge in [0, 0.05) is 31.9 Å². The molecule has 8 heteroatoms. The van der Waals surface area contributed by atoms with Crippen LogP contribution >= 0.6 is 0 Å². The smallest absolute Gasteiger partial charge is 0.320 e. The summed E-state index contributed by atoms with van der Waals surface area (Å²) in [5.74, 6) is 1.36. The maximum Gasteiger partial charge on any atom is 0.320 e. The van der Waals surface area contributed by atoms with E-state index in [1.165, 1.54) is 19.8 Å². The lowest BCUT2D eigenvalue weighted by atomic mass is 9.82. The van der Waals surface area contributed by atoms with Crippen LogP contribution in [-0.2, 0) is 17.7 Å². The van der Waals surface area contributed by atoms with Crippen LogP contribution in [0.3, 0.4) is 0 Å². The van der Waals surface area contributed by atoms with Crippen molar-refractivity contribution in [3.05, 3.63) is 41.1 Å². The second-order valence-corrected chi connectivity index (χ2v) is 7.57. The van der Waals surface area contributed by atoms with Crippen LogP contribution in [0.4, 0.5) is 0 Å². The Morgan fingerprint density at radius 2 is 1.83 bits per heavy atom. The predicted octanol–water partition coefficient (Wildman–Crippen LogP) is 2.50. The number of rotatable bonds is 5. The van der Waals surface area contributed by atoms with Crippen LogP contribution in [0.1, 0.15) is 34.5 Å². The molecule has 2 aliphatic heterocycles. The van der Waals surface area contributed by atoms with Crippen LogP contribution in [0.2, 0.25) is 0 Å². The van der Waals surface area contributed by atoms with Gasteiger partial charge in [0.2, 0.25) is 5.88 Å². The molecule has 1 fully saturated rings. The number of hydrogen-bond acceptors (Lipinski definition) is 7. The number of amides is 1. The first kappa shape index (κ1) is 20.4. The molecular formula is C22H27N3O5. The summed E-state index contributed by atoms with van der Waals surface area (Å²) < 4.78 is 21.4. The molecule has 0 bridgehead atoms. The maximum absolute atomic E-state index is 13.6. The lowest BCUT2D eigenvalue weighted by Crippen LogP contribution is -2.49. The lowest BCUT2D eigenvalue weighted by Gasteiger charge is -2.42. The molecule has 1 aromatic carbocycles. The number of benzene rings is 1. The molecule has 1 amide bonds. The zero-order valence-electron chi connectivity index (χ0n) is 17.6. The highest BCUT2D eigenvalue weighted by Gasteiger charge is 2.37. The number of ether oxygens (including phenoxy) is 4. The predicted molar refractivity (Wildman–Crippen MR) is 109 cm³/mol. The molecule has 1 aromatic heterocycles. The van der Waals surface area contributed by atoms with E-state index in [1.807, 2.05) is 17.0 Å². The first-order valence-electron chi connectivity index (χ1n) is 10.1. The summed E-state index contributed by atoms with van der Waals surface area (Å²) >= 11 is 0. The molecule has 0 unspecified atom stereocenters. The fourth-order valence-electron chi connectivity index (χ4n) is 4.31. The summed E-state index contributed by atoms with van der Waals surface area (Å²) in [5, 5.41) is 0. The van der Waals surface area contributed by atoms with Crippen molar-refractivity contribution < 1.29 is 23.7 Å². The van der Waals surface area contributed by atoms with Gasteiger partial charge in [-0.15, -0.1) is 0 Å². The van der Waals surface area contributed by atoms with Crippen molar-refractivity contribution in [2.45, 2.75) is 31.8 Å². The number of carbonyl (C=O) groups excluding carboxylic acids is 1. The van der Waals surface area contributed by atoms with E-state index in [0.29, 0.717) is 18.3 Å². The zero-order valence-corrected chi connectivity index (χ0v) is 17.6. The molecule has 8 nitrogen and oxygen atoms in total. The van der Waals surface area contributed by atoms with Crippen LogP contribution in [0.25, 0.3) is 0 Å². The Bertz CT molecular complexity index is 891. The lowest BCUT2D eigenvalue weighted by molar-refractivity contribution is 0.0177. The van der Waals surface area contributed by atoms with Crippen LogP contribution in [0.5, 0.6) is 17.6 Å². The van der Waals surface area contributed by atoms with Gasteiger partial charge in [-0.1, -0.05) is 6.07 Å². The average molecular weight is 413 g/mol. The van der Waals surface area contributed by atoms with Crippen molar-refractivity contribution in [3.63, 3.8) is 0 Å². The van der Waals surface area contributed by atoms with Crippen LogP contribution in [0, 0.1) is 5.92 Å². The van der Waals surface area contributed by atoms with Gasteiger partial charge in [0.15, 0.2) is 0 Å². The van der Waals surface area contributed by atoms with Gasteiger partial charge in [0.1, 0.15) is 11.4 Å². The van der Waals surface area contributed by atoms with Gasteiger partial charge in [-0.25, -0.2) is 0 Å². The average Bonchev–Trinajstić information content (AvgIpc) is 2.82. The highest BCUT2D eigenvalue weighted by molar-refractivity contribution is 5.93. The summed E-state index contributed by atoms with van der Waals surface area (Å²) in [4.78, 5) is 23.9. The minimum absolute atomic E-state index is 0.0629. The number of aromatic nitrogens is 2. The minimum Gasteiger partial charge on any atom is -0.497 e. The number of methoxy groups -OCH3 is 3. The van der Waals surface area contributed by atoms with Gasteiger partial charge in [-0.3, -0.25) is 4.79 Å². The summed E-state index contributed by atoms with van der Waals surface area (Å²) in [5.41, 5.74) is 2.63. The molecule has 0 radical (unpaired) electrons. The third-order valence-electron chi connectivity index (χ3n) is 5.95. The van der Waals surface area contributed by atoms with Gasteiger partial charge >= 0.3 is 6.01 Å². The topological polar surface area (TPSA) is 83.0 Å². The molecule has 160 valence electrons. The fraction of sp³-hybridized carbons (Fsp3) is 0.500. The van der Waals surface area contributed by atoms with E-state index < -0.39 is 0 Å². The first-order valence-corrected chi connectivity index (χ1v) is 10.1. The summed E-state index contributed by atoms with van der Waals surface area (Å²) in [6.07, 6.45) is 2.65. The molecule has 2 aliphatic rings. The molecular weight excluding hydrogens is 386 g/mol. The van der Waals surface area contributed by atoms with Gasteiger partial charge < -0.3 is 23.8 Å². The molecule has 3 heterocycles. The van der Waals surface area contributed by atoms with E-state index in [-0.39, 0.29) is 23.7 Å². The Balaban J connectivity index is 1.70. The van der Waals surface area contributed by atoms with Crippen molar-refractivity contribution in [2.75, 3.05) is 34.5 Å². The van der Waals surface area contributed by atoms with Gasteiger partial charge in [0.05, 0.1) is 21.3 Å². The number of fused-ring (bicyclic) bond motifs is 1. The van der Waals surface area contributed by atoms with Gasteiger partial charge in [-0.05, 0) is 48.4 Å². The van der Waals surface area contributed by atoms with Gasteiger partial charge in [-0.2, -0.15) is 9.97 Å². The van der Waals surface area contributed by atoms with E-state index >= 15 is 0 Å². The van der Waals surface area contributed by atoms with Crippen LogP contribution < -0.4 is 14.2 Å². The maximum atomic E-state index is 13.6. The zero-order chi connectivity index (χ0) is 21.1. The third kappa shape index (κ3) is 4.05. The molecule has 4 rings (SSSR count). The number of carbonyl (C=O) groups is 1. The Morgan fingerprint density at radius 1 is 1.03 bits per heavy atom. The van der Waals surface area contributed by atoms with Crippen LogP contribution in [-0.4, -0.2) is 61.4 Å². The molecule has 0 aliphatic carbocycles. The van der Waals surface area contributed by atoms with Crippen molar-refractivity contribution >= 4 is 5.91 Å². The molecule has 2 aromatic rings. The minimum atomic E-state index is -0.146. The van der Waals surface area contributed by atoms with Crippen LogP contribution in [0.15, 0.2) is 24.3 Å². The Labute approximate surface area is 176 Å². The second-order valence-electron chi connectivity index (χ2n) is 7.57. The van der Waals surface area contributed by atoms with E-state index in [1.54, 1.807) is 13.2 Å². The van der Waals surface area contributed by atoms with E-state index in [2.05, 4.69) is 16.0 Å². The van der Waals surface area contributed by atoms with Crippen molar-refractivity contribution in [1.82, 2.24) is 14.9 Å². The number of hydrogen-bond donors (Lipinski definition) is 0.